The summed E-state index contributed by atoms with van der Waals surface area (Å²) in [7, 11) is 0. The first-order chi connectivity index (χ1) is 24.1. The third-order valence-electron chi connectivity index (χ3n) is 9.54. The van der Waals surface area contributed by atoms with Crippen LogP contribution in [0.25, 0.3) is 22.2 Å². The van der Waals surface area contributed by atoms with Gasteiger partial charge in [0.25, 0.3) is 5.91 Å². The maximum Gasteiger partial charge on any atom is 0.266 e. The van der Waals surface area contributed by atoms with Gasteiger partial charge in [0.2, 0.25) is 0 Å². The molecular weight excluding hydrogens is 603 g/mol. The molecule has 6 heteroatoms. The molecule has 0 aliphatic carbocycles. The van der Waals surface area contributed by atoms with Crippen LogP contribution in [0, 0.1) is 0 Å². The molecule has 238 valence electrons. The van der Waals surface area contributed by atoms with Crippen LogP contribution in [0.4, 0.5) is 5.69 Å². The van der Waals surface area contributed by atoms with Crippen molar-refractivity contribution < 1.29 is 4.79 Å². The van der Waals surface area contributed by atoms with Gasteiger partial charge in [-0.3, -0.25) is 9.78 Å². The van der Waals surface area contributed by atoms with Crippen molar-refractivity contribution in [2.75, 3.05) is 6.54 Å². The summed E-state index contributed by atoms with van der Waals surface area (Å²) in [6.45, 7) is 2.66. The number of nitrogens with one attached hydrogen (secondary N) is 1. The summed E-state index contributed by atoms with van der Waals surface area (Å²) < 4.78 is 2.18. The molecule has 49 heavy (non-hydrogen) atoms. The molecule has 8 rings (SSSR count). The minimum absolute atomic E-state index is 0.133. The quantitative estimate of drug-likeness (QED) is 0.161. The molecule has 1 N–H and O–H groups in total. The van der Waals surface area contributed by atoms with Crippen molar-refractivity contribution in [3.05, 3.63) is 186 Å². The summed E-state index contributed by atoms with van der Waals surface area (Å²) >= 11 is 0. The molecule has 2 aromatic heterocycles. The summed E-state index contributed by atoms with van der Waals surface area (Å²) in [5, 5.41) is 9.59. The highest BCUT2D eigenvalue weighted by molar-refractivity contribution is 6.41. The van der Waals surface area contributed by atoms with Crippen LogP contribution >= 0.6 is 0 Å². The minimum Gasteiger partial charge on any atom is -0.350 e. The van der Waals surface area contributed by atoms with Gasteiger partial charge in [0, 0.05) is 36.3 Å². The standard InChI is InChI=1S/C43H35N5O/c1-30(31-14-6-2-7-15-31)29-45-42(49)39-26-33-27-40-37(28-38(33)46-39)41(32-22-24-44-25-23-32)47-48(40)43(34-16-8-3-9-17-34,35-18-10-4-11-19-35)36-20-12-5-13-21-36/h2-25,27-28,30H,26,29H2,1H3,(H,45,49)/t30-/m1/s1. The van der Waals surface area contributed by atoms with Gasteiger partial charge in [-0.2, -0.15) is 5.10 Å². The van der Waals surface area contributed by atoms with Gasteiger partial charge in [-0.25, -0.2) is 9.67 Å². The Bertz CT molecular complexity index is 2170. The van der Waals surface area contributed by atoms with Crippen LogP contribution in [0.2, 0.25) is 0 Å². The fourth-order valence-electron chi connectivity index (χ4n) is 7.07. The van der Waals surface area contributed by atoms with E-state index >= 15 is 0 Å². The van der Waals surface area contributed by atoms with Crippen LogP contribution in [-0.4, -0.2) is 32.9 Å². The number of carbonyl (C=O) groups excluding carboxylic acids is 1. The van der Waals surface area contributed by atoms with Crippen molar-refractivity contribution in [2.45, 2.75) is 24.8 Å². The van der Waals surface area contributed by atoms with Crippen LogP contribution < -0.4 is 5.32 Å². The zero-order chi connectivity index (χ0) is 33.2. The van der Waals surface area contributed by atoms with E-state index in [1.54, 1.807) is 12.4 Å². The molecule has 0 spiro atoms. The fourth-order valence-corrected chi connectivity index (χ4v) is 7.07. The average Bonchev–Trinajstić information content (AvgIpc) is 3.77. The Balaban J connectivity index is 1.29. The third-order valence-corrected chi connectivity index (χ3v) is 9.54. The molecule has 0 bridgehead atoms. The Morgan fingerprint density at radius 2 is 1.31 bits per heavy atom. The summed E-state index contributed by atoms with van der Waals surface area (Å²) in [5.74, 6) is 0.0549. The molecule has 1 atom stereocenters. The lowest BCUT2D eigenvalue weighted by molar-refractivity contribution is -0.114. The Kier molecular flexibility index (Phi) is 7.90. The molecule has 6 nitrogen and oxygen atoms in total. The molecule has 0 radical (unpaired) electrons. The topological polar surface area (TPSA) is 72.2 Å². The van der Waals surface area contributed by atoms with E-state index in [9.17, 15) is 4.79 Å². The zero-order valence-corrected chi connectivity index (χ0v) is 27.2. The van der Waals surface area contributed by atoms with Gasteiger partial charge < -0.3 is 5.32 Å². The second-order valence-electron chi connectivity index (χ2n) is 12.6. The first kappa shape index (κ1) is 30.2. The van der Waals surface area contributed by atoms with Crippen LogP contribution in [0.1, 0.15) is 40.7 Å². The van der Waals surface area contributed by atoms with E-state index in [1.165, 1.54) is 5.56 Å². The molecule has 7 aromatic rings. The number of amides is 1. The summed E-state index contributed by atoms with van der Waals surface area (Å²) in [6, 6.07) is 50.2. The average molecular weight is 638 g/mol. The summed E-state index contributed by atoms with van der Waals surface area (Å²) in [6.07, 6.45) is 4.04. The van der Waals surface area contributed by atoms with Crippen molar-refractivity contribution >= 4 is 28.2 Å². The van der Waals surface area contributed by atoms with Crippen molar-refractivity contribution in [1.82, 2.24) is 20.1 Å². The number of aliphatic imine (C=N–C) groups is 1. The summed E-state index contributed by atoms with van der Waals surface area (Å²) in [4.78, 5) is 22.7. The van der Waals surface area contributed by atoms with Crippen molar-refractivity contribution in [3.8, 4) is 11.3 Å². The molecule has 1 aliphatic rings. The number of aromatic nitrogens is 3. The predicted molar refractivity (Wildman–Crippen MR) is 196 cm³/mol. The Morgan fingerprint density at radius 1 is 0.755 bits per heavy atom. The van der Waals surface area contributed by atoms with Gasteiger partial charge in [-0.15, -0.1) is 0 Å². The molecule has 5 aromatic carbocycles. The number of carbonyl (C=O) groups is 1. The van der Waals surface area contributed by atoms with Gasteiger partial charge in [-0.05, 0) is 58.0 Å². The lowest BCUT2D eigenvalue weighted by atomic mass is 9.77. The first-order valence-corrected chi connectivity index (χ1v) is 16.7. The van der Waals surface area contributed by atoms with E-state index in [0.717, 1.165) is 50.1 Å². The minimum atomic E-state index is -0.811. The molecule has 0 saturated carbocycles. The van der Waals surface area contributed by atoms with Crippen LogP contribution in [0.15, 0.2) is 163 Å². The Morgan fingerprint density at radius 3 is 1.88 bits per heavy atom. The van der Waals surface area contributed by atoms with Crippen molar-refractivity contribution in [2.24, 2.45) is 4.99 Å². The highest BCUT2D eigenvalue weighted by atomic mass is 16.1. The van der Waals surface area contributed by atoms with Gasteiger partial charge in [0.15, 0.2) is 0 Å². The van der Waals surface area contributed by atoms with E-state index in [1.807, 2.05) is 48.5 Å². The van der Waals surface area contributed by atoms with Crippen LogP contribution in [0.5, 0.6) is 0 Å². The monoisotopic (exact) mass is 637 g/mol. The highest BCUT2D eigenvalue weighted by Gasteiger charge is 2.41. The molecule has 1 amide bonds. The second-order valence-corrected chi connectivity index (χ2v) is 12.6. The third kappa shape index (κ3) is 5.41. The number of fused-ring (bicyclic) bond motifs is 2. The Labute approximate surface area is 285 Å². The number of hydrogen-bond acceptors (Lipinski definition) is 4. The van der Waals surface area contributed by atoms with Gasteiger partial charge >= 0.3 is 0 Å². The van der Waals surface area contributed by atoms with E-state index < -0.39 is 5.54 Å². The van der Waals surface area contributed by atoms with Gasteiger partial charge in [0.1, 0.15) is 16.9 Å². The molecule has 0 fully saturated rings. The summed E-state index contributed by atoms with van der Waals surface area (Å²) in [5.41, 5.74) is 8.70. The molecule has 1 aliphatic heterocycles. The lowest BCUT2D eigenvalue weighted by Gasteiger charge is -2.37. The molecule has 0 unspecified atom stereocenters. The fraction of sp³-hybridized carbons (Fsp3) is 0.116. The SMILES string of the molecule is C[C@H](CNC(=O)C1=Nc2cc3c(-c4ccncc4)nn(C(c4ccccc4)(c4ccccc4)c4ccccc4)c3cc2C1)c1ccccc1. The largest absolute Gasteiger partial charge is 0.350 e. The van der Waals surface area contributed by atoms with E-state index in [4.69, 9.17) is 10.1 Å². The number of pyridine rings is 1. The van der Waals surface area contributed by atoms with Crippen molar-refractivity contribution in [3.63, 3.8) is 0 Å². The van der Waals surface area contributed by atoms with Crippen molar-refractivity contribution in [1.29, 1.82) is 0 Å². The number of rotatable bonds is 9. The first-order valence-electron chi connectivity index (χ1n) is 16.7. The van der Waals surface area contributed by atoms with Crippen LogP contribution in [-0.2, 0) is 16.8 Å². The molecular formula is C43H35N5O. The zero-order valence-electron chi connectivity index (χ0n) is 27.2. The van der Waals surface area contributed by atoms with E-state index in [-0.39, 0.29) is 11.8 Å². The van der Waals surface area contributed by atoms with Crippen LogP contribution in [0.3, 0.4) is 0 Å². The normalized spacial score (nSPS) is 13.1. The number of hydrogen-bond donors (Lipinski definition) is 1. The molecule has 0 saturated heterocycles. The highest BCUT2D eigenvalue weighted by Crippen LogP contribution is 2.45. The smallest absolute Gasteiger partial charge is 0.266 e. The maximum atomic E-state index is 13.5. The predicted octanol–water partition coefficient (Wildman–Crippen LogP) is 8.49. The van der Waals surface area contributed by atoms with Gasteiger partial charge in [0.05, 0.1) is 11.2 Å². The second kappa shape index (κ2) is 12.8. The maximum absolute atomic E-state index is 13.5. The molecule has 3 heterocycles. The number of benzene rings is 5. The Hall–Kier alpha value is -6.14. The van der Waals surface area contributed by atoms with E-state index in [0.29, 0.717) is 18.7 Å². The van der Waals surface area contributed by atoms with Gasteiger partial charge in [-0.1, -0.05) is 128 Å². The van der Waals surface area contributed by atoms with E-state index in [2.05, 4.69) is 119 Å². The number of nitrogens with zero attached hydrogens (tertiary/aromatic N) is 4. The lowest BCUT2D eigenvalue weighted by Crippen LogP contribution is -2.38.